The van der Waals surface area contributed by atoms with Crippen LogP contribution in [0.1, 0.15) is 5.56 Å². The fraction of sp³-hybridized carbons (Fsp3) is 0.364. The van der Waals surface area contributed by atoms with Gasteiger partial charge in [0.2, 0.25) is 0 Å². The molecule has 1 aromatic carbocycles. The van der Waals surface area contributed by atoms with Crippen LogP contribution in [-0.4, -0.2) is 47.1 Å². The summed E-state index contributed by atoms with van der Waals surface area (Å²) in [6.07, 6.45) is 1.63. The van der Waals surface area contributed by atoms with E-state index in [0.717, 1.165) is 16.6 Å². The maximum Gasteiger partial charge on any atom is 0.282 e. The first kappa shape index (κ1) is 11.6. The minimum atomic E-state index is -3.26. The SMILES string of the molecule is CN(Cc1ccc2nc[nH]c2c1)S(=O)(=O)N1CC1. The quantitative estimate of drug-likeness (QED) is 0.822. The molecule has 0 spiro atoms. The number of H-pyrrole nitrogens is 1. The number of fused-ring (bicyclic) bond motifs is 1. The zero-order valence-corrected chi connectivity index (χ0v) is 10.8. The number of rotatable bonds is 4. The lowest BCUT2D eigenvalue weighted by molar-refractivity contribution is 0.439. The monoisotopic (exact) mass is 266 g/mol. The highest BCUT2D eigenvalue weighted by Gasteiger charge is 2.34. The van der Waals surface area contributed by atoms with Gasteiger partial charge in [-0.05, 0) is 17.7 Å². The number of nitrogens with zero attached hydrogens (tertiary/aromatic N) is 3. The van der Waals surface area contributed by atoms with Gasteiger partial charge in [0.25, 0.3) is 10.2 Å². The maximum absolute atomic E-state index is 11.9. The summed E-state index contributed by atoms with van der Waals surface area (Å²) in [5.41, 5.74) is 2.75. The predicted octanol–water partition coefficient (Wildman–Crippen LogP) is 0.555. The van der Waals surface area contributed by atoms with Gasteiger partial charge < -0.3 is 4.98 Å². The fourth-order valence-corrected chi connectivity index (χ4v) is 3.14. The van der Waals surface area contributed by atoms with E-state index in [1.165, 1.54) is 8.61 Å². The summed E-state index contributed by atoms with van der Waals surface area (Å²) in [6, 6.07) is 5.72. The zero-order valence-electron chi connectivity index (χ0n) is 10.00. The molecule has 3 rings (SSSR count). The number of imidazole rings is 1. The Kier molecular flexibility index (Phi) is 2.61. The number of aromatic nitrogens is 2. The topological polar surface area (TPSA) is 69.1 Å². The molecule has 7 heteroatoms. The van der Waals surface area contributed by atoms with Crippen LogP contribution in [0.5, 0.6) is 0 Å². The lowest BCUT2D eigenvalue weighted by Gasteiger charge is -2.17. The molecule has 0 unspecified atom stereocenters. The van der Waals surface area contributed by atoms with Crippen LogP contribution in [-0.2, 0) is 16.8 Å². The molecule has 2 aromatic rings. The molecule has 1 aromatic heterocycles. The Morgan fingerprint density at radius 3 is 2.94 bits per heavy atom. The standard InChI is InChI=1S/C11H14N4O2S/c1-14(18(16,17)15-4-5-15)7-9-2-3-10-11(6-9)13-8-12-10/h2-3,6,8H,4-5,7H2,1H3,(H,12,13). The zero-order chi connectivity index (χ0) is 12.8. The fourth-order valence-electron chi connectivity index (χ4n) is 1.89. The Morgan fingerprint density at radius 2 is 2.22 bits per heavy atom. The average molecular weight is 266 g/mol. The molecule has 0 atom stereocenters. The number of nitrogens with one attached hydrogen (secondary N) is 1. The Balaban J connectivity index is 1.83. The van der Waals surface area contributed by atoms with E-state index in [-0.39, 0.29) is 0 Å². The van der Waals surface area contributed by atoms with Crippen molar-refractivity contribution < 1.29 is 8.42 Å². The first-order chi connectivity index (χ1) is 8.57. The van der Waals surface area contributed by atoms with Gasteiger partial charge in [-0.2, -0.15) is 17.0 Å². The Morgan fingerprint density at radius 1 is 1.44 bits per heavy atom. The number of benzene rings is 1. The van der Waals surface area contributed by atoms with E-state index in [1.54, 1.807) is 13.4 Å². The van der Waals surface area contributed by atoms with Crippen LogP contribution in [0.25, 0.3) is 11.0 Å². The molecule has 1 aliphatic heterocycles. The lowest BCUT2D eigenvalue weighted by atomic mass is 10.2. The van der Waals surface area contributed by atoms with Gasteiger partial charge in [-0.1, -0.05) is 6.07 Å². The first-order valence-corrected chi connectivity index (χ1v) is 7.10. The minimum absolute atomic E-state index is 0.369. The van der Waals surface area contributed by atoms with Crippen molar-refractivity contribution in [2.24, 2.45) is 0 Å². The van der Waals surface area contributed by atoms with Crippen molar-refractivity contribution in [2.45, 2.75) is 6.54 Å². The van der Waals surface area contributed by atoms with Crippen LogP contribution in [0.3, 0.4) is 0 Å². The highest BCUT2D eigenvalue weighted by Crippen LogP contribution is 2.19. The van der Waals surface area contributed by atoms with Gasteiger partial charge in [-0.15, -0.1) is 0 Å². The van der Waals surface area contributed by atoms with Crippen molar-refractivity contribution in [1.29, 1.82) is 0 Å². The number of aromatic amines is 1. The van der Waals surface area contributed by atoms with Gasteiger partial charge in [0.1, 0.15) is 0 Å². The number of hydrogen-bond donors (Lipinski definition) is 1. The molecular formula is C11H14N4O2S. The Labute approximate surface area is 105 Å². The molecule has 0 saturated carbocycles. The molecule has 18 heavy (non-hydrogen) atoms. The van der Waals surface area contributed by atoms with Crippen LogP contribution in [0.4, 0.5) is 0 Å². The summed E-state index contributed by atoms with van der Waals surface area (Å²) < 4.78 is 26.7. The third kappa shape index (κ3) is 2.00. The molecule has 0 bridgehead atoms. The van der Waals surface area contributed by atoms with Crippen LogP contribution in [0.15, 0.2) is 24.5 Å². The molecule has 1 aliphatic rings. The molecule has 1 saturated heterocycles. The summed E-state index contributed by atoms with van der Waals surface area (Å²) in [4.78, 5) is 7.15. The molecule has 0 aliphatic carbocycles. The molecule has 6 nitrogen and oxygen atoms in total. The third-order valence-corrected chi connectivity index (χ3v) is 4.95. The molecule has 96 valence electrons. The van der Waals surface area contributed by atoms with Crippen molar-refractivity contribution in [1.82, 2.24) is 18.6 Å². The van der Waals surface area contributed by atoms with Gasteiger partial charge in [0.15, 0.2) is 0 Å². The smallest absolute Gasteiger partial charge is 0.282 e. The van der Waals surface area contributed by atoms with Crippen molar-refractivity contribution in [3.05, 3.63) is 30.1 Å². The Hall–Kier alpha value is -1.44. The molecule has 2 heterocycles. The number of hydrogen-bond acceptors (Lipinski definition) is 3. The van der Waals surface area contributed by atoms with E-state index in [0.29, 0.717) is 19.6 Å². The summed E-state index contributed by atoms with van der Waals surface area (Å²) in [6.45, 7) is 1.63. The van der Waals surface area contributed by atoms with E-state index in [4.69, 9.17) is 0 Å². The molecular weight excluding hydrogens is 252 g/mol. The Bertz CT molecular complexity index is 675. The van der Waals surface area contributed by atoms with Crippen molar-refractivity contribution in [2.75, 3.05) is 20.1 Å². The molecule has 0 radical (unpaired) electrons. The van der Waals surface area contributed by atoms with E-state index in [2.05, 4.69) is 9.97 Å². The summed E-state index contributed by atoms with van der Waals surface area (Å²) in [7, 11) is -1.66. The van der Waals surface area contributed by atoms with Crippen molar-refractivity contribution >= 4 is 21.2 Å². The third-order valence-electron chi connectivity index (χ3n) is 3.02. The van der Waals surface area contributed by atoms with Gasteiger partial charge in [0, 0.05) is 26.7 Å². The lowest BCUT2D eigenvalue weighted by Crippen LogP contribution is -2.31. The van der Waals surface area contributed by atoms with Gasteiger partial charge in [-0.25, -0.2) is 4.98 Å². The van der Waals surface area contributed by atoms with E-state index < -0.39 is 10.2 Å². The summed E-state index contributed by atoms with van der Waals surface area (Å²) in [5, 5.41) is 0. The minimum Gasteiger partial charge on any atom is -0.345 e. The second-order valence-electron chi connectivity index (χ2n) is 4.42. The molecule has 1 N–H and O–H groups in total. The second kappa shape index (κ2) is 4.04. The summed E-state index contributed by atoms with van der Waals surface area (Å²) >= 11 is 0. The maximum atomic E-state index is 11.9. The second-order valence-corrected chi connectivity index (χ2v) is 6.45. The highest BCUT2D eigenvalue weighted by molar-refractivity contribution is 7.86. The highest BCUT2D eigenvalue weighted by atomic mass is 32.2. The predicted molar refractivity (Wildman–Crippen MR) is 68.1 cm³/mol. The average Bonchev–Trinajstić information content (AvgIpc) is 3.09. The van der Waals surface area contributed by atoms with Crippen LogP contribution in [0.2, 0.25) is 0 Å². The summed E-state index contributed by atoms with van der Waals surface area (Å²) in [5.74, 6) is 0. The van der Waals surface area contributed by atoms with Crippen molar-refractivity contribution in [3.63, 3.8) is 0 Å². The van der Waals surface area contributed by atoms with Gasteiger partial charge in [-0.3, -0.25) is 0 Å². The normalized spacial score (nSPS) is 16.6. The van der Waals surface area contributed by atoms with Crippen LogP contribution >= 0.6 is 0 Å². The van der Waals surface area contributed by atoms with E-state index >= 15 is 0 Å². The first-order valence-electron chi connectivity index (χ1n) is 5.71. The van der Waals surface area contributed by atoms with Crippen LogP contribution < -0.4 is 0 Å². The van der Waals surface area contributed by atoms with Gasteiger partial charge >= 0.3 is 0 Å². The van der Waals surface area contributed by atoms with Crippen molar-refractivity contribution in [3.8, 4) is 0 Å². The van der Waals surface area contributed by atoms with E-state index in [1.807, 2.05) is 18.2 Å². The molecule has 0 amide bonds. The van der Waals surface area contributed by atoms with E-state index in [9.17, 15) is 8.42 Å². The van der Waals surface area contributed by atoms with Gasteiger partial charge in [0.05, 0.1) is 17.4 Å². The molecule has 1 fully saturated rings. The largest absolute Gasteiger partial charge is 0.345 e. The van der Waals surface area contributed by atoms with Crippen LogP contribution in [0, 0.1) is 0 Å².